The van der Waals surface area contributed by atoms with E-state index in [9.17, 15) is 0 Å². The fraction of sp³-hybridized carbons (Fsp3) is 0.833. The molecule has 0 amide bonds. The van der Waals surface area contributed by atoms with Gasteiger partial charge in [-0.05, 0) is 13.3 Å². The maximum Gasteiger partial charge on any atom is 0.143 e. The summed E-state index contributed by atoms with van der Waals surface area (Å²) in [5.74, 6) is 0.869. The van der Waals surface area contributed by atoms with Crippen LogP contribution in [0.15, 0.2) is 5.10 Å². The minimum absolute atomic E-state index is 0.576. The molecule has 5 heteroatoms. The lowest BCUT2D eigenvalue weighted by Crippen LogP contribution is -2.47. The normalized spacial score (nSPS) is 20.5. The maximum absolute atomic E-state index is 9.07. The summed E-state index contributed by atoms with van der Waals surface area (Å²) in [7, 11) is 0. The second kappa shape index (κ2) is 3.54. The van der Waals surface area contributed by atoms with Crippen molar-refractivity contribution in [3.8, 4) is 0 Å². The largest absolute Gasteiger partial charge is 0.375 e. The number of nitrogens with one attached hydrogen (secondary N) is 2. The lowest BCUT2D eigenvalue weighted by atomic mass is 10.3. The van der Waals surface area contributed by atoms with Gasteiger partial charge in [0.25, 0.3) is 0 Å². The molecule has 1 unspecified atom stereocenters. The molecule has 1 atom stereocenters. The summed E-state index contributed by atoms with van der Waals surface area (Å²) < 4.78 is 0. The topological polar surface area (TPSA) is 59.9 Å². The van der Waals surface area contributed by atoms with Crippen molar-refractivity contribution in [3.63, 3.8) is 0 Å². The summed E-state index contributed by atoms with van der Waals surface area (Å²) in [5, 5.41) is 14.5. The molecule has 1 rings (SSSR count). The molecule has 1 aliphatic rings. The molecule has 1 heterocycles. The maximum atomic E-state index is 9.07. The monoisotopic (exact) mass is 158 g/mol. The van der Waals surface area contributed by atoms with Crippen LogP contribution in [0.4, 0.5) is 0 Å². The minimum Gasteiger partial charge on any atom is -0.375 e. The standard InChI is InChI=1S/C6H14N4O/c1-3-4-6-7-9-10(8-6)5(2)11/h5,9,11H,3-4H2,1-2H3,(H,7,8). The summed E-state index contributed by atoms with van der Waals surface area (Å²) in [6.07, 6.45) is 1.37. The van der Waals surface area contributed by atoms with Crippen molar-refractivity contribution in [1.29, 1.82) is 0 Å². The van der Waals surface area contributed by atoms with Gasteiger partial charge in [-0.3, -0.25) is 5.43 Å². The SMILES string of the molecule is CCCC1=NNN(C(C)O)N1. The zero-order valence-electron chi connectivity index (χ0n) is 6.83. The van der Waals surface area contributed by atoms with Crippen molar-refractivity contribution in [2.45, 2.75) is 32.9 Å². The van der Waals surface area contributed by atoms with Crippen LogP contribution < -0.4 is 11.0 Å². The van der Waals surface area contributed by atoms with Gasteiger partial charge in [0.2, 0.25) is 0 Å². The molecule has 0 aromatic heterocycles. The molecule has 11 heavy (non-hydrogen) atoms. The third-order valence-corrected chi connectivity index (χ3v) is 1.40. The molecule has 0 saturated carbocycles. The number of hydrazone groups is 1. The van der Waals surface area contributed by atoms with E-state index in [2.05, 4.69) is 23.0 Å². The Morgan fingerprint density at radius 2 is 2.45 bits per heavy atom. The molecular formula is C6H14N4O. The van der Waals surface area contributed by atoms with Crippen LogP contribution in [0.1, 0.15) is 26.7 Å². The Kier molecular flexibility index (Phi) is 2.67. The number of hydrogen-bond acceptors (Lipinski definition) is 5. The minimum atomic E-state index is -0.576. The van der Waals surface area contributed by atoms with Crippen LogP contribution in [-0.2, 0) is 0 Å². The number of hydrogen-bond donors (Lipinski definition) is 3. The fourth-order valence-electron chi connectivity index (χ4n) is 0.829. The van der Waals surface area contributed by atoms with Crippen molar-refractivity contribution in [1.82, 2.24) is 16.1 Å². The van der Waals surface area contributed by atoms with Crippen molar-refractivity contribution in [2.24, 2.45) is 5.10 Å². The van der Waals surface area contributed by atoms with Crippen molar-refractivity contribution < 1.29 is 5.11 Å². The van der Waals surface area contributed by atoms with Gasteiger partial charge in [-0.2, -0.15) is 0 Å². The van der Waals surface area contributed by atoms with E-state index in [0.29, 0.717) is 0 Å². The molecule has 0 spiro atoms. The van der Waals surface area contributed by atoms with Gasteiger partial charge >= 0.3 is 0 Å². The van der Waals surface area contributed by atoms with Crippen LogP contribution in [-0.4, -0.2) is 22.3 Å². The molecule has 3 N–H and O–H groups in total. The molecule has 64 valence electrons. The Hall–Kier alpha value is -0.810. The first-order valence-corrected chi connectivity index (χ1v) is 3.80. The van der Waals surface area contributed by atoms with Crippen LogP contribution in [0.25, 0.3) is 0 Å². The first-order chi connectivity index (χ1) is 5.24. The lowest BCUT2D eigenvalue weighted by molar-refractivity contribution is -0.0293. The van der Waals surface area contributed by atoms with Gasteiger partial charge in [-0.15, -0.1) is 5.10 Å². The zero-order chi connectivity index (χ0) is 8.27. The zero-order valence-corrected chi connectivity index (χ0v) is 6.83. The van der Waals surface area contributed by atoms with Crippen LogP contribution in [0.5, 0.6) is 0 Å². The number of rotatable bonds is 3. The van der Waals surface area contributed by atoms with Crippen LogP contribution >= 0.6 is 0 Å². The van der Waals surface area contributed by atoms with Crippen LogP contribution in [0, 0.1) is 0 Å². The quantitative estimate of drug-likeness (QED) is 0.530. The highest BCUT2D eigenvalue weighted by molar-refractivity contribution is 5.82. The summed E-state index contributed by atoms with van der Waals surface area (Å²) in [4.78, 5) is 0. The van der Waals surface area contributed by atoms with Crippen LogP contribution in [0.2, 0.25) is 0 Å². The van der Waals surface area contributed by atoms with Gasteiger partial charge in [0, 0.05) is 6.42 Å². The van der Waals surface area contributed by atoms with Crippen molar-refractivity contribution in [3.05, 3.63) is 0 Å². The smallest absolute Gasteiger partial charge is 0.143 e. The first-order valence-electron chi connectivity index (χ1n) is 3.80. The van der Waals surface area contributed by atoms with Crippen LogP contribution in [0.3, 0.4) is 0 Å². The molecule has 0 aliphatic carbocycles. The Bertz CT molecular complexity index is 157. The Morgan fingerprint density at radius 1 is 1.73 bits per heavy atom. The number of nitrogens with zero attached hydrogens (tertiary/aromatic N) is 2. The van der Waals surface area contributed by atoms with E-state index in [0.717, 1.165) is 18.7 Å². The predicted molar refractivity (Wildman–Crippen MR) is 42.1 cm³/mol. The van der Waals surface area contributed by atoms with E-state index >= 15 is 0 Å². The van der Waals surface area contributed by atoms with E-state index in [1.54, 1.807) is 6.92 Å². The van der Waals surface area contributed by atoms with Gasteiger partial charge in [-0.25, -0.2) is 5.53 Å². The molecule has 0 radical (unpaired) electrons. The van der Waals surface area contributed by atoms with E-state index in [-0.39, 0.29) is 0 Å². The van der Waals surface area contributed by atoms with Gasteiger partial charge in [0.1, 0.15) is 12.1 Å². The van der Waals surface area contributed by atoms with Gasteiger partial charge < -0.3 is 5.11 Å². The van der Waals surface area contributed by atoms with Crippen molar-refractivity contribution in [2.75, 3.05) is 0 Å². The average Bonchev–Trinajstić information content (AvgIpc) is 2.37. The van der Waals surface area contributed by atoms with Gasteiger partial charge in [0.05, 0.1) is 0 Å². The third kappa shape index (κ3) is 2.06. The number of aliphatic hydroxyl groups is 1. The van der Waals surface area contributed by atoms with E-state index in [4.69, 9.17) is 5.11 Å². The molecular weight excluding hydrogens is 144 g/mol. The van der Waals surface area contributed by atoms with E-state index in [1.807, 2.05) is 0 Å². The van der Waals surface area contributed by atoms with Gasteiger partial charge in [-0.1, -0.05) is 12.0 Å². The number of aliphatic hydroxyl groups excluding tert-OH is 1. The molecule has 0 aromatic carbocycles. The molecule has 5 nitrogen and oxygen atoms in total. The summed E-state index contributed by atoms with van der Waals surface area (Å²) in [5.41, 5.74) is 5.56. The highest BCUT2D eigenvalue weighted by Gasteiger charge is 2.16. The summed E-state index contributed by atoms with van der Waals surface area (Å²) >= 11 is 0. The summed E-state index contributed by atoms with van der Waals surface area (Å²) in [6, 6.07) is 0. The second-order valence-electron chi connectivity index (χ2n) is 2.52. The highest BCUT2D eigenvalue weighted by atomic mass is 16.3. The summed E-state index contributed by atoms with van der Waals surface area (Å²) in [6.45, 7) is 3.74. The van der Waals surface area contributed by atoms with E-state index in [1.165, 1.54) is 5.12 Å². The predicted octanol–water partition coefficient (Wildman–Crippen LogP) is -0.237. The van der Waals surface area contributed by atoms with Gasteiger partial charge in [0.15, 0.2) is 0 Å². The first kappa shape index (κ1) is 8.29. The Labute approximate surface area is 66.0 Å². The third-order valence-electron chi connectivity index (χ3n) is 1.40. The lowest BCUT2D eigenvalue weighted by Gasteiger charge is -2.17. The molecule has 0 fully saturated rings. The molecule has 0 saturated heterocycles. The Balaban J connectivity index is 2.31. The molecule has 1 aliphatic heterocycles. The fourth-order valence-corrected chi connectivity index (χ4v) is 0.829. The second-order valence-corrected chi connectivity index (χ2v) is 2.52. The highest BCUT2D eigenvalue weighted by Crippen LogP contribution is 1.97. The molecule has 0 bridgehead atoms. The number of hydrazine groups is 2. The van der Waals surface area contributed by atoms with Crippen molar-refractivity contribution >= 4 is 5.84 Å². The number of amidine groups is 1. The molecule has 0 aromatic rings. The Morgan fingerprint density at radius 3 is 2.91 bits per heavy atom. The average molecular weight is 158 g/mol. The van der Waals surface area contributed by atoms with E-state index < -0.39 is 6.23 Å².